The maximum absolute atomic E-state index is 11.9. The normalized spacial score (nSPS) is 10.6. The van der Waals surface area contributed by atoms with E-state index in [0.29, 0.717) is 36.2 Å². The smallest absolute Gasteiger partial charge is 0.260 e. The average Bonchev–Trinajstić information content (AvgIpc) is 2.54. The molecule has 2 amide bonds. The van der Waals surface area contributed by atoms with Gasteiger partial charge in [-0.1, -0.05) is 11.6 Å². The van der Waals surface area contributed by atoms with E-state index >= 15 is 0 Å². The summed E-state index contributed by atoms with van der Waals surface area (Å²) in [6.45, 7) is 9.24. The number of halogens is 1. The van der Waals surface area contributed by atoms with Gasteiger partial charge in [0.1, 0.15) is 5.75 Å². The Bertz CT molecular complexity index is 574. The number of anilines is 1. The zero-order valence-corrected chi connectivity index (χ0v) is 16.1. The summed E-state index contributed by atoms with van der Waals surface area (Å²) in [4.78, 5) is 25.5. The van der Waals surface area contributed by atoms with Gasteiger partial charge in [0.15, 0.2) is 6.61 Å². The standard InChI is InChI=1S/C18H27ClN2O4/c1-5-21(6-2)18(23)12-25-16-8-7-14(11-15(16)19)20-17(22)9-10-24-13(3)4/h7-8,11,13H,5-6,9-10,12H2,1-4H3,(H,20,22). The van der Waals surface area contributed by atoms with Gasteiger partial charge in [0.25, 0.3) is 5.91 Å². The van der Waals surface area contributed by atoms with Crippen LogP contribution in [0.1, 0.15) is 34.1 Å². The van der Waals surface area contributed by atoms with Crippen LogP contribution in [0.2, 0.25) is 5.02 Å². The van der Waals surface area contributed by atoms with Gasteiger partial charge in [-0.25, -0.2) is 0 Å². The van der Waals surface area contributed by atoms with E-state index in [1.54, 1.807) is 23.1 Å². The van der Waals surface area contributed by atoms with E-state index < -0.39 is 0 Å². The Morgan fingerprint density at radius 2 is 1.92 bits per heavy atom. The van der Waals surface area contributed by atoms with Crippen LogP contribution in [-0.2, 0) is 14.3 Å². The van der Waals surface area contributed by atoms with E-state index in [2.05, 4.69) is 5.32 Å². The van der Waals surface area contributed by atoms with Gasteiger partial charge < -0.3 is 19.7 Å². The SMILES string of the molecule is CCN(CC)C(=O)COc1ccc(NC(=O)CCOC(C)C)cc1Cl. The fourth-order valence-electron chi connectivity index (χ4n) is 2.11. The van der Waals surface area contributed by atoms with Crippen LogP contribution in [0.3, 0.4) is 0 Å². The zero-order chi connectivity index (χ0) is 18.8. The molecule has 0 aromatic heterocycles. The first kappa shape index (κ1) is 21.3. The van der Waals surface area contributed by atoms with Crippen LogP contribution in [0.25, 0.3) is 0 Å². The summed E-state index contributed by atoms with van der Waals surface area (Å²) in [5.74, 6) is 0.161. The molecular formula is C18H27ClN2O4. The minimum absolute atomic E-state index is 0.0698. The number of ether oxygens (including phenoxy) is 2. The molecule has 6 nitrogen and oxygen atoms in total. The first-order valence-corrected chi connectivity index (χ1v) is 8.86. The quantitative estimate of drug-likeness (QED) is 0.685. The van der Waals surface area contributed by atoms with Crippen molar-refractivity contribution in [3.63, 3.8) is 0 Å². The van der Waals surface area contributed by atoms with E-state index in [0.717, 1.165) is 0 Å². The number of hydrogen-bond donors (Lipinski definition) is 1. The molecule has 0 fully saturated rings. The molecule has 0 aliphatic heterocycles. The highest BCUT2D eigenvalue weighted by atomic mass is 35.5. The number of carbonyl (C=O) groups excluding carboxylic acids is 2. The predicted molar refractivity (Wildman–Crippen MR) is 99.2 cm³/mol. The summed E-state index contributed by atoms with van der Waals surface area (Å²) in [5, 5.41) is 3.09. The molecule has 7 heteroatoms. The lowest BCUT2D eigenvalue weighted by Gasteiger charge is -2.19. The second-order valence-electron chi connectivity index (χ2n) is 5.72. The summed E-state index contributed by atoms with van der Waals surface area (Å²) in [6.07, 6.45) is 0.365. The fourth-order valence-corrected chi connectivity index (χ4v) is 2.35. The molecule has 0 bridgehead atoms. The number of carbonyl (C=O) groups is 2. The molecule has 0 radical (unpaired) electrons. The molecular weight excluding hydrogens is 344 g/mol. The van der Waals surface area contributed by atoms with Crippen molar-refractivity contribution in [1.82, 2.24) is 4.90 Å². The third kappa shape index (κ3) is 7.75. The molecule has 0 unspecified atom stereocenters. The van der Waals surface area contributed by atoms with Crippen molar-refractivity contribution < 1.29 is 19.1 Å². The first-order chi connectivity index (χ1) is 11.9. The molecule has 1 N–H and O–H groups in total. The van der Waals surface area contributed by atoms with Crippen molar-refractivity contribution in [1.29, 1.82) is 0 Å². The Balaban J connectivity index is 2.53. The topological polar surface area (TPSA) is 67.9 Å². The summed E-state index contributed by atoms with van der Waals surface area (Å²) in [7, 11) is 0. The van der Waals surface area contributed by atoms with Gasteiger partial charge in [-0.3, -0.25) is 9.59 Å². The van der Waals surface area contributed by atoms with Crippen LogP contribution in [-0.4, -0.2) is 49.1 Å². The maximum atomic E-state index is 11.9. The Kier molecular flexibility index (Phi) is 9.31. The molecule has 0 spiro atoms. The van der Waals surface area contributed by atoms with Crippen LogP contribution < -0.4 is 10.1 Å². The Hall–Kier alpha value is -1.79. The van der Waals surface area contributed by atoms with Gasteiger partial charge in [-0.15, -0.1) is 0 Å². The third-order valence-corrected chi connectivity index (χ3v) is 3.76. The largest absolute Gasteiger partial charge is 0.482 e. The molecule has 0 heterocycles. The highest BCUT2D eigenvalue weighted by Gasteiger charge is 2.12. The number of amides is 2. The lowest BCUT2D eigenvalue weighted by atomic mass is 10.3. The van der Waals surface area contributed by atoms with E-state index in [-0.39, 0.29) is 30.9 Å². The Morgan fingerprint density at radius 1 is 1.24 bits per heavy atom. The minimum atomic E-state index is -0.151. The molecule has 1 aromatic rings. The molecule has 1 rings (SSSR count). The minimum Gasteiger partial charge on any atom is -0.482 e. The van der Waals surface area contributed by atoms with Crippen LogP contribution in [0.4, 0.5) is 5.69 Å². The van der Waals surface area contributed by atoms with E-state index in [9.17, 15) is 9.59 Å². The Labute approximate surface area is 154 Å². The summed E-state index contributed by atoms with van der Waals surface area (Å²) in [5.41, 5.74) is 0.571. The number of nitrogens with one attached hydrogen (secondary N) is 1. The molecule has 1 aromatic carbocycles. The molecule has 0 aliphatic rings. The lowest BCUT2D eigenvalue weighted by Crippen LogP contribution is -2.34. The monoisotopic (exact) mass is 370 g/mol. The van der Waals surface area contributed by atoms with Crippen molar-refractivity contribution in [3.05, 3.63) is 23.2 Å². The molecule has 0 atom stereocenters. The fraction of sp³-hybridized carbons (Fsp3) is 0.556. The summed E-state index contributed by atoms with van der Waals surface area (Å²) < 4.78 is 10.8. The second kappa shape index (κ2) is 10.9. The van der Waals surface area contributed by atoms with Crippen LogP contribution in [0, 0.1) is 0 Å². The highest BCUT2D eigenvalue weighted by Crippen LogP contribution is 2.27. The highest BCUT2D eigenvalue weighted by molar-refractivity contribution is 6.32. The van der Waals surface area contributed by atoms with E-state index in [1.807, 2.05) is 27.7 Å². The van der Waals surface area contributed by atoms with Crippen molar-refractivity contribution in [2.45, 2.75) is 40.2 Å². The zero-order valence-electron chi connectivity index (χ0n) is 15.3. The van der Waals surface area contributed by atoms with Gasteiger partial charge in [-0.05, 0) is 45.9 Å². The molecule has 0 aliphatic carbocycles. The van der Waals surface area contributed by atoms with Gasteiger partial charge in [0, 0.05) is 18.8 Å². The molecule has 0 saturated carbocycles. The third-order valence-electron chi connectivity index (χ3n) is 3.46. The number of rotatable bonds is 10. The molecule has 25 heavy (non-hydrogen) atoms. The predicted octanol–water partition coefficient (Wildman–Crippen LogP) is 3.34. The van der Waals surface area contributed by atoms with Crippen molar-refractivity contribution in [2.24, 2.45) is 0 Å². The van der Waals surface area contributed by atoms with Gasteiger partial charge in [-0.2, -0.15) is 0 Å². The van der Waals surface area contributed by atoms with Gasteiger partial charge in [0.05, 0.1) is 24.2 Å². The number of likely N-dealkylation sites (N-methyl/N-ethyl adjacent to an activating group) is 1. The summed E-state index contributed by atoms with van der Waals surface area (Å²) >= 11 is 6.16. The molecule has 0 saturated heterocycles. The van der Waals surface area contributed by atoms with E-state index in [1.165, 1.54) is 0 Å². The number of hydrogen-bond acceptors (Lipinski definition) is 4. The average molecular weight is 371 g/mol. The lowest BCUT2D eigenvalue weighted by molar-refractivity contribution is -0.133. The van der Waals surface area contributed by atoms with Gasteiger partial charge in [0.2, 0.25) is 5.91 Å². The number of benzene rings is 1. The van der Waals surface area contributed by atoms with E-state index in [4.69, 9.17) is 21.1 Å². The maximum Gasteiger partial charge on any atom is 0.260 e. The molecule has 140 valence electrons. The van der Waals surface area contributed by atoms with Crippen LogP contribution in [0.5, 0.6) is 5.75 Å². The summed E-state index contributed by atoms with van der Waals surface area (Å²) in [6, 6.07) is 4.92. The van der Waals surface area contributed by atoms with Gasteiger partial charge >= 0.3 is 0 Å². The number of nitrogens with zero attached hydrogens (tertiary/aromatic N) is 1. The van der Waals surface area contributed by atoms with Crippen molar-refractivity contribution >= 4 is 29.1 Å². The Morgan fingerprint density at radius 3 is 2.48 bits per heavy atom. The van der Waals surface area contributed by atoms with Crippen LogP contribution in [0.15, 0.2) is 18.2 Å². The first-order valence-electron chi connectivity index (χ1n) is 8.48. The second-order valence-corrected chi connectivity index (χ2v) is 6.12. The van der Waals surface area contributed by atoms with Crippen molar-refractivity contribution in [2.75, 3.05) is 31.6 Å². The van der Waals surface area contributed by atoms with Crippen molar-refractivity contribution in [3.8, 4) is 5.75 Å². The van der Waals surface area contributed by atoms with Crippen LogP contribution >= 0.6 is 11.6 Å².